The molecule has 2 atom stereocenters. The van der Waals surface area contributed by atoms with Crippen LogP contribution in [0.2, 0.25) is 0 Å². The molecule has 18 heavy (non-hydrogen) atoms. The van der Waals surface area contributed by atoms with Crippen LogP contribution in [-0.2, 0) is 14.3 Å². The van der Waals surface area contributed by atoms with E-state index >= 15 is 0 Å². The Labute approximate surface area is 106 Å². The number of alkyl halides is 4. The number of rotatable bonds is 8. The average molecular weight is 292 g/mol. The Bertz CT molecular complexity index is 306. The van der Waals surface area contributed by atoms with Crippen molar-refractivity contribution in [1.29, 1.82) is 0 Å². The highest BCUT2D eigenvalue weighted by Gasteiger charge is 2.38. The maximum Gasteiger partial charge on any atom is 0.405 e. The van der Waals surface area contributed by atoms with Crippen LogP contribution in [0.3, 0.4) is 0 Å². The molecule has 0 saturated heterocycles. The van der Waals surface area contributed by atoms with Crippen LogP contribution >= 0.6 is 11.6 Å². The van der Waals surface area contributed by atoms with Gasteiger partial charge in [-0.1, -0.05) is 0 Å². The average Bonchev–Trinajstić information content (AvgIpc) is 2.32. The molecule has 2 N–H and O–H groups in total. The van der Waals surface area contributed by atoms with Gasteiger partial charge >= 0.3 is 6.09 Å². The van der Waals surface area contributed by atoms with Gasteiger partial charge in [0.1, 0.15) is 6.67 Å². The van der Waals surface area contributed by atoms with Gasteiger partial charge in [0.2, 0.25) is 0 Å². The second-order valence-electron chi connectivity index (χ2n) is 3.58. The predicted molar refractivity (Wildman–Crippen MR) is 56.5 cm³/mol. The Morgan fingerprint density at radius 2 is 2.00 bits per heavy atom. The molecule has 0 aromatic heterocycles. The molecule has 2 unspecified atom stereocenters. The van der Waals surface area contributed by atoms with Crippen molar-refractivity contribution in [1.82, 2.24) is 0 Å². The number of ketones is 1. The first-order chi connectivity index (χ1) is 8.26. The molecule has 0 spiro atoms. The summed E-state index contributed by atoms with van der Waals surface area (Å²) in [6.07, 6.45) is -5.94. The van der Waals surface area contributed by atoms with Gasteiger partial charge in [-0.3, -0.25) is 4.79 Å². The van der Waals surface area contributed by atoms with E-state index in [-0.39, 0.29) is 0 Å². The van der Waals surface area contributed by atoms with Crippen molar-refractivity contribution in [2.24, 2.45) is 5.73 Å². The van der Waals surface area contributed by atoms with Crippen LogP contribution in [0.1, 0.15) is 6.92 Å². The van der Waals surface area contributed by atoms with Gasteiger partial charge in [0.15, 0.2) is 17.5 Å². The number of hydrogen-bond acceptors (Lipinski definition) is 4. The van der Waals surface area contributed by atoms with Gasteiger partial charge in [-0.2, -0.15) is 0 Å². The Hall–Kier alpha value is -1.02. The lowest BCUT2D eigenvalue weighted by Crippen LogP contribution is -2.44. The second-order valence-corrected chi connectivity index (χ2v) is 3.85. The van der Waals surface area contributed by atoms with E-state index in [9.17, 15) is 22.8 Å². The van der Waals surface area contributed by atoms with Gasteiger partial charge in [-0.15, -0.1) is 11.6 Å². The summed E-state index contributed by atoms with van der Waals surface area (Å²) >= 11 is 5.22. The minimum atomic E-state index is -3.11. The molecule has 0 aliphatic rings. The third-order valence-corrected chi connectivity index (χ3v) is 2.30. The standard InChI is InChI=1S/C9H13ClF3NO4/c1-9(4-11,7(12)13)17-3-6(5(15)2-10)18-8(14)16/h6-7H,2-4H2,1H3,(H2,14,16). The fourth-order valence-electron chi connectivity index (χ4n) is 0.845. The van der Waals surface area contributed by atoms with Crippen molar-refractivity contribution in [2.45, 2.75) is 25.1 Å². The number of carbonyl (C=O) groups excluding carboxylic acids is 2. The first-order valence-electron chi connectivity index (χ1n) is 4.79. The maximum absolute atomic E-state index is 12.5. The van der Waals surface area contributed by atoms with Gasteiger partial charge in [0.25, 0.3) is 6.43 Å². The lowest BCUT2D eigenvalue weighted by molar-refractivity contribution is -0.160. The van der Waals surface area contributed by atoms with Crippen LogP contribution in [-0.4, -0.2) is 49.2 Å². The molecule has 0 fully saturated rings. The van der Waals surface area contributed by atoms with Crippen molar-refractivity contribution in [3.05, 3.63) is 0 Å². The van der Waals surface area contributed by atoms with Gasteiger partial charge in [-0.25, -0.2) is 18.0 Å². The molecule has 0 aromatic carbocycles. The van der Waals surface area contributed by atoms with Crippen molar-refractivity contribution < 1.29 is 32.2 Å². The number of Topliss-reactive ketones (excluding diaryl/α,β-unsaturated/α-hetero) is 1. The normalized spacial score (nSPS) is 16.1. The lowest BCUT2D eigenvalue weighted by Gasteiger charge is -2.27. The van der Waals surface area contributed by atoms with E-state index in [2.05, 4.69) is 15.2 Å². The number of nitrogens with two attached hydrogens (primary N) is 1. The fraction of sp³-hybridized carbons (Fsp3) is 0.778. The minimum absolute atomic E-state index is 0.525. The lowest BCUT2D eigenvalue weighted by atomic mass is 10.1. The summed E-state index contributed by atoms with van der Waals surface area (Å²) in [7, 11) is 0. The molecule has 0 saturated carbocycles. The second kappa shape index (κ2) is 7.42. The number of amides is 1. The molecule has 1 amide bonds. The SMILES string of the molecule is CC(CF)(OCC(OC(N)=O)C(=O)CCl)C(F)F. The van der Waals surface area contributed by atoms with Crippen molar-refractivity contribution in [3.63, 3.8) is 0 Å². The predicted octanol–water partition coefficient (Wildman–Crippen LogP) is 1.27. The summed E-state index contributed by atoms with van der Waals surface area (Å²) in [6, 6.07) is 0. The van der Waals surface area contributed by atoms with E-state index in [1.807, 2.05) is 0 Å². The molecule has 0 heterocycles. The van der Waals surface area contributed by atoms with Crippen LogP contribution in [0.4, 0.5) is 18.0 Å². The smallest absolute Gasteiger partial charge is 0.405 e. The molecule has 0 rings (SSSR count). The highest BCUT2D eigenvalue weighted by Crippen LogP contribution is 2.21. The van der Waals surface area contributed by atoms with Crippen molar-refractivity contribution in [3.8, 4) is 0 Å². The first kappa shape index (κ1) is 17.0. The highest BCUT2D eigenvalue weighted by atomic mass is 35.5. The molecular weight excluding hydrogens is 279 g/mol. The quantitative estimate of drug-likeness (QED) is 0.683. The summed E-state index contributed by atoms with van der Waals surface area (Å²) in [5.74, 6) is -1.31. The third kappa shape index (κ3) is 5.09. The topological polar surface area (TPSA) is 78.6 Å². The summed E-state index contributed by atoms with van der Waals surface area (Å²) in [5, 5.41) is 0. The molecule has 0 aromatic rings. The van der Waals surface area contributed by atoms with Crippen LogP contribution in [0.25, 0.3) is 0 Å². The molecule has 106 valence electrons. The minimum Gasteiger partial charge on any atom is -0.436 e. The highest BCUT2D eigenvalue weighted by molar-refractivity contribution is 6.28. The Balaban J connectivity index is 4.59. The van der Waals surface area contributed by atoms with Crippen LogP contribution < -0.4 is 5.73 Å². The Morgan fingerprint density at radius 3 is 2.33 bits per heavy atom. The van der Waals surface area contributed by atoms with Gasteiger partial charge in [-0.05, 0) is 6.92 Å². The van der Waals surface area contributed by atoms with E-state index in [1.165, 1.54) is 0 Å². The fourth-order valence-corrected chi connectivity index (χ4v) is 1.02. The number of hydrogen-bond donors (Lipinski definition) is 1. The van der Waals surface area contributed by atoms with Gasteiger partial charge in [0, 0.05) is 0 Å². The van der Waals surface area contributed by atoms with Crippen LogP contribution in [0.5, 0.6) is 0 Å². The van der Waals surface area contributed by atoms with Gasteiger partial charge < -0.3 is 15.2 Å². The van der Waals surface area contributed by atoms with Crippen molar-refractivity contribution in [2.75, 3.05) is 19.2 Å². The Morgan fingerprint density at radius 1 is 1.44 bits per heavy atom. The zero-order valence-corrected chi connectivity index (χ0v) is 10.3. The van der Waals surface area contributed by atoms with Crippen LogP contribution in [0, 0.1) is 0 Å². The molecule has 0 bridgehead atoms. The maximum atomic E-state index is 12.5. The zero-order valence-electron chi connectivity index (χ0n) is 9.50. The molecule has 9 heteroatoms. The summed E-state index contributed by atoms with van der Waals surface area (Å²) in [5.41, 5.74) is 2.30. The van der Waals surface area contributed by atoms with Crippen molar-refractivity contribution >= 4 is 23.5 Å². The molecule has 0 radical (unpaired) electrons. The first-order valence-corrected chi connectivity index (χ1v) is 5.33. The molecule has 5 nitrogen and oxygen atoms in total. The number of primary amides is 1. The largest absolute Gasteiger partial charge is 0.436 e. The molecule has 0 aliphatic carbocycles. The third-order valence-electron chi connectivity index (χ3n) is 2.04. The number of halogens is 4. The monoisotopic (exact) mass is 291 g/mol. The van der Waals surface area contributed by atoms with E-state index in [0.717, 1.165) is 6.92 Å². The molecular formula is C9H13ClF3NO4. The Kier molecular flexibility index (Phi) is 7.00. The van der Waals surface area contributed by atoms with Crippen LogP contribution in [0.15, 0.2) is 0 Å². The summed E-state index contributed by atoms with van der Waals surface area (Å²) in [6.45, 7) is -1.40. The van der Waals surface area contributed by atoms with Gasteiger partial charge in [0.05, 0.1) is 12.5 Å². The van der Waals surface area contributed by atoms with E-state index < -0.39 is 49.2 Å². The van der Waals surface area contributed by atoms with E-state index in [1.54, 1.807) is 0 Å². The molecule has 0 aliphatic heterocycles. The summed E-state index contributed by atoms with van der Waals surface area (Å²) < 4.78 is 46.3. The number of carbonyl (C=O) groups is 2. The zero-order chi connectivity index (χ0) is 14.3. The van der Waals surface area contributed by atoms with E-state index in [0.29, 0.717) is 0 Å². The van der Waals surface area contributed by atoms with E-state index in [4.69, 9.17) is 11.6 Å². The summed E-state index contributed by atoms with van der Waals surface area (Å²) in [4.78, 5) is 21.7. The number of ether oxygens (including phenoxy) is 2.